The fraction of sp³-hybridized carbons (Fsp3) is 0.435. The smallest absolute Gasteiger partial charge is 0.191 e. The van der Waals surface area contributed by atoms with Gasteiger partial charge in [0.25, 0.3) is 0 Å². The molecule has 0 unspecified atom stereocenters. The topological polar surface area (TPSA) is 45.7 Å². The van der Waals surface area contributed by atoms with E-state index >= 15 is 0 Å². The minimum atomic E-state index is -0.202. The van der Waals surface area contributed by atoms with Crippen molar-refractivity contribution in [1.29, 1.82) is 0 Å². The van der Waals surface area contributed by atoms with Crippen molar-refractivity contribution < 1.29 is 9.13 Å². The number of guanidine groups is 1. The van der Waals surface area contributed by atoms with E-state index < -0.39 is 0 Å². The molecule has 1 aliphatic rings. The van der Waals surface area contributed by atoms with E-state index in [4.69, 9.17) is 9.73 Å². The average Bonchev–Trinajstić information content (AvgIpc) is 2.72. The number of nitrogens with one attached hydrogen (secondary N) is 2. The number of hydrogen-bond acceptors (Lipinski definition) is 2. The van der Waals surface area contributed by atoms with Gasteiger partial charge in [-0.25, -0.2) is 9.38 Å². The number of ether oxygens (including phenoxy) is 1. The Kier molecular flexibility index (Phi) is 7.04. The summed E-state index contributed by atoms with van der Waals surface area (Å²) in [4.78, 5) is 4.77. The molecule has 1 heterocycles. The molecule has 0 amide bonds. The van der Waals surface area contributed by atoms with Gasteiger partial charge in [-0.1, -0.05) is 36.4 Å². The molecule has 0 aliphatic carbocycles. The van der Waals surface area contributed by atoms with E-state index in [-0.39, 0.29) is 11.2 Å². The summed E-state index contributed by atoms with van der Waals surface area (Å²) in [5, 5.41) is 6.86. The molecule has 4 nitrogen and oxygen atoms in total. The van der Waals surface area contributed by atoms with Crippen LogP contribution in [0, 0.1) is 12.7 Å². The van der Waals surface area contributed by atoms with Gasteiger partial charge in [0.1, 0.15) is 5.82 Å². The lowest BCUT2D eigenvalue weighted by Gasteiger charge is -2.38. The number of aryl methyl sites for hydroxylation is 1. The SMILES string of the molecule is CCNC(=NCc1ccccc1C)NCC1(c2ccc(F)cc2)CCOCC1. The van der Waals surface area contributed by atoms with Crippen molar-refractivity contribution in [3.63, 3.8) is 0 Å². The maximum absolute atomic E-state index is 13.4. The van der Waals surface area contributed by atoms with Gasteiger partial charge in [-0.05, 0) is 55.5 Å². The van der Waals surface area contributed by atoms with Gasteiger partial charge in [-0.2, -0.15) is 0 Å². The molecular weight excluding hydrogens is 353 g/mol. The van der Waals surface area contributed by atoms with E-state index in [1.54, 1.807) is 12.1 Å². The number of nitrogens with zero attached hydrogens (tertiary/aromatic N) is 1. The standard InChI is InChI=1S/C23H30FN3O/c1-3-25-22(26-16-19-7-5-4-6-18(19)2)27-17-23(12-14-28-15-13-23)20-8-10-21(24)11-9-20/h4-11H,3,12-17H2,1-2H3,(H2,25,26,27). The van der Waals surface area contributed by atoms with Crippen LogP contribution in [0.4, 0.5) is 4.39 Å². The predicted molar refractivity (Wildman–Crippen MR) is 112 cm³/mol. The number of benzene rings is 2. The molecule has 0 bridgehead atoms. The van der Waals surface area contributed by atoms with E-state index in [0.717, 1.165) is 50.7 Å². The summed E-state index contributed by atoms with van der Waals surface area (Å²) in [6.45, 7) is 7.78. The Bertz CT molecular complexity index is 783. The maximum Gasteiger partial charge on any atom is 0.191 e. The first-order valence-electron chi connectivity index (χ1n) is 10.0. The second-order valence-corrected chi connectivity index (χ2v) is 7.37. The minimum Gasteiger partial charge on any atom is -0.381 e. The second kappa shape index (κ2) is 9.69. The lowest BCUT2D eigenvalue weighted by molar-refractivity contribution is 0.0513. The molecule has 1 aliphatic heterocycles. The van der Waals surface area contributed by atoms with Crippen molar-refractivity contribution in [2.45, 2.75) is 38.6 Å². The molecule has 0 saturated carbocycles. The van der Waals surface area contributed by atoms with Crippen LogP contribution in [0.15, 0.2) is 53.5 Å². The van der Waals surface area contributed by atoms with Gasteiger partial charge in [0.2, 0.25) is 0 Å². The van der Waals surface area contributed by atoms with E-state index in [1.165, 1.54) is 11.1 Å². The molecule has 5 heteroatoms. The van der Waals surface area contributed by atoms with Gasteiger partial charge in [0.05, 0.1) is 6.54 Å². The first kappa shape index (κ1) is 20.3. The lowest BCUT2D eigenvalue weighted by atomic mass is 9.74. The van der Waals surface area contributed by atoms with Gasteiger partial charge < -0.3 is 15.4 Å². The van der Waals surface area contributed by atoms with Crippen LogP contribution in [-0.2, 0) is 16.7 Å². The molecular formula is C23H30FN3O. The Morgan fingerprint density at radius 2 is 1.79 bits per heavy atom. The predicted octanol–water partition coefficient (Wildman–Crippen LogP) is 3.94. The highest BCUT2D eigenvalue weighted by Gasteiger charge is 2.34. The molecule has 28 heavy (non-hydrogen) atoms. The van der Waals surface area contributed by atoms with Crippen LogP contribution in [0.25, 0.3) is 0 Å². The molecule has 0 radical (unpaired) electrons. The van der Waals surface area contributed by atoms with Crippen LogP contribution in [0.5, 0.6) is 0 Å². The van der Waals surface area contributed by atoms with Crippen molar-refractivity contribution in [2.75, 3.05) is 26.3 Å². The van der Waals surface area contributed by atoms with Crippen LogP contribution in [-0.4, -0.2) is 32.3 Å². The van der Waals surface area contributed by atoms with Crippen LogP contribution < -0.4 is 10.6 Å². The molecule has 2 N–H and O–H groups in total. The molecule has 0 spiro atoms. The van der Waals surface area contributed by atoms with E-state index in [2.05, 4.69) is 36.6 Å². The zero-order valence-electron chi connectivity index (χ0n) is 16.8. The molecule has 0 atom stereocenters. The highest BCUT2D eigenvalue weighted by atomic mass is 19.1. The van der Waals surface area contributed by atoms with Crippen molar-refractivity contribution in [1.82, 2.24) is 10.6 Å². The largest absolute Gasteiger partial charge is 0.381 e. The normalized spacial score (nSPS) is 16.6. The van der Waals surface area contributed by atoms with Crippen LogP contribution in [0.3, 0.4) is 0 Å². The molecule has 0 aromatic heterocycles. The number of aliphatic imine (C=N–C) groups is 1. The molecule has 1 fully saturated rings. The molecule has 3 rings (SSSR count). The Hall–Kier alpha value is -2.40. The van der Waals surface area contributed by atoms with Crippen molar-refractivity contribution >= 4 is 5.96 Å². The van der Waals surface area contributed by atoms with Gasteiger partial charge >= 0.3 is 0 Å². The van der Waals surface area contributed by atoms with Gasteiger partial charge in [-0.3, -0.25) is 0 Å². The summed E-state index contributed by atoms with van der Waals surface area (Å²) in [5.74, 6) is 0.603. The van der Waals surface area contributed by atoms with E-state index in [1.807, 2.05) is 24.3 Å². The Balaban J connectivity index is 1.74. The minimum absolute atomic E-state index is 0.0786. The van der Waals surface area contributed by atoms with Crippen LogP contribution in [0.2, 0.25) is 0 Å². The van der Waals surface area contributed by atoms with Crippen molar-refractivity contribution in [3.05, 3.63) is 71.0 Å². The zero-order valence-corrected chi connectivity index (χ0v) is 16.8. The third-order valence-corrected chi connectivity index (χ3v) is 5.51. The fourth-order valence-electron chi connectivity index (χ4n) is 3.68. The number of hydrogen-bond donors (Lipinski definition) is 2. The van der Waals surface area contributed by atoms with Crippen molar-refractivity contribution in [2.24, 2.45) is 4.99 Å². The Morgan fingerprint density at radius 1 is 1.07 bits per heavy atom. The lowest BCUT2D eigenvalue weighted by Crippen LogP contribution is -2.48. The third-order valence-electron chi connectivity index (χ3n) is 5.51. The molecule has 150 valence electrons. The van der Waals surface area contributed by atoms with Crippen LogP contribution >= 0.6 is 0 Å². The van der Waals surface area contributed by atoms with Gasteiger partial charge in [-0.15, -0.1) is 0 Å². The summed E-state index contributed by atoms with van der Waals surface area (Å²) in [7, 11) is 0. The van der Waals surface area contributed by atoms with Crippen LogP contribution in [0.1, 0.15) is 36.5 Å². The average molecular weight is 384 g/mol. The van der Waals surface area contributed by atoms with E-state index in [0.29, 0.717) is 6.54 Å². The third kappa shape index (κ3) is 5.10. The highest BCUT2D eigenvalue weighted by molar-refractivity contribution is 5.79. The van der Waals surface area contributed by atoms with Gasteiger partial charge in [0.15, 0.2) is 5.96 Å². The summed E-state index contributed by atoms with van der Waals surface area (Å²) < 4.78 is 19.0. The summed E-state index contributed by atoms with van der Waals surface area (Å²) in [5.41, 5.74) is 3.54. The number of halogens is 1. The highest BCUT2D eigenvalue weighted by Crippen LogP contribution is 2.34. The monoisotopic (exact) mass is 383 g/mol. The Morgan fingerprint density at radius 3 is 2.46 bits per heavy atom. The quantitative estimate of drug-likeness (QED) is 0.587. The first-order chi connectivity index (χ1) is 13.6. The fourth-order valence-corrected chi connectivity index (χ4v) is 3.68. The summed E-state index contributed by atoms with van der Waals surface area (Å²) in [6.07, 6.45) is 1.81. The zero-order chi connectivity index (χ0) is 19.8. The second-order valence-electron chi connectivity index (χ2n) is 7.37. The Labute approximate surface area is 167 Å². The molecule has 2 aromatic rings. The summed E-state index contributed by atoms with van der Waals surface area (Å²) >= 11 is 0. The molecule has 2 aromatic carbocycles. The molecule has 1 saturated heterocycles. The van der Waals surface area contributed by atoms with Gasteiger partial charge in [0, 0.05) is 31.7 Å². The number of rotatable bonds is 6. The van der Waals surface area contributed by atoms with Crippen molar-refractivity contribution in [3.8, 4) is 0 Å². The first-order valence-corrected chi connectivity index (χ1v) is 10.0. The summed E-state index contributed by atoms with van der Waals surface area (Å²) in [6, 6.07) is 15.2. The maximum atomic E-state index is 13.4. The van der Waals surface area contributed by atoms with E-state index in [9.17, 15) is 4.39 Å².